The Balaban J connectivity index is 2.71. The monoisotopic (exact) mass is 207 g/mol. The van der Waals surface area contributed by atoms with Gasteiger partial charge < -0.3 is 10.1 Å². The van der Waals surface area contributed by atoms with E-state index in [1.807, 2.05) is 0 Å². The lowest BCUT2D eigenvalue weighted by atomic mass is 9.96. The van der Waals surface area contributed by atoms with E-state index in [2.05, 4.69) is 18.5 Å². The number of hydrogen-bond acceptors (Lipinski definition) is 3. The van der Waals surface area contributed by atoms with Crippen LogP contribution in [0.25, 0.3) is 0 Å². The average Bonchev–Trinajstić information content (AvgIpc) is 2.28. The van der Waals surface area contributed by atoms with E-state index in [1.165, 1.54) is 0 Å². The average molecular weight is 207 g/mol. The quantitative estimate of drug-likeness (QED) is 0.711. The molecule has 15 heavy (non-hydrogen) atoms. The maximum atomic E-state index is 11.5. The van der Waals surface area contributed by atoms with Crippen molar-refractivity contribution >= 4 is 5.97 Å². The van der Waals surface area contributed by atoms with E-state index in [1.54, 1.807) is 19.1 Å². The summed E-state index contributed by atoms with van der Waals surface area (Å²) in [6, 6.07) is -0.248. The van der Waals surface area contributed by atoms with Gasteiger partial charge in [-0.15, -0.1) is 0 Å². The van der Waals surface area contributed by atoms with E-state index in [9.17, 15) is 4.79 Å². The number of nitrogens with one attached hydrogen (secondary N) is 1. The molecule has 0 saturated heterocycles. The highest BCUT2D eigenvalue weighted by molar-refractivity contribution is 5.77. The number of rotatable bonds is 4. The van der Waals surface area contributed by atoms with Gasteiger partial charge in [0, 0.05) is 6.54 Å². The molecule has 0 fully saturated rings. The minimum atomic E-state index is -0.248. The van der Waals surface area contributed by atoms with Crippen molar-refractivity contribution in [1.29, 1.82) is 0 Å². The molecule has 82 valence electrons. The second kappa shape index (κ2) is 5.51. The van der Waals surface area contributed by atoms with Gasteiger partial charge in [-0.25, -0.2) is 0 Å². The highest BCUT2D eigenvalue weighted by atomic mass is 16.5. The van der Waals surface area contributed by atoms with Gasteiger partial charge in [0.2, 0.25) is 0 Å². The van der Waals surface area contributed by atoms with Crippen LogP contribution in [0.2, 0.25) is 0 Å². The van der Waals surface area contributed by atoms with Crippen LogP contribution in [0.1, 0.15) is 13.3 Å². The van der Waals surface area contributed by atoms with Gasteiger partial charge in [-0.1, -0.05) is 25.3 Å². The minimum absolute atomic E-state index is 0.194. The fraction of sp³-hybridized carbons (Fsp3) is 0.417. The van der Waals surface area contributed by atoms with E-state index >= 15 is 0 Å². The van der Waals surface area contributed by atoms with Crippen LogP contribution >= 0.6 is 0 Å². The smallest absolute Gasteiger partial charge is 0.323 e. The van der Waals surface area contributed by atoms with Crippen LogP contribution in [0.4, 0.5) is 0 Å². The van der Waals surface area contributed by atoms with Crippen molar-refractivity contribution in [1.82, 2.24) is 5.32 Å². The summed E-state index contributed by atoms with van der Waals surface area (Å²) in [5, 5.41) is 3.12. The summed E-state index contributed by atoms with van der Waals surface area (Å²) >= 11 is 0. The second-order valence-corrected chi connectivity index (χ2v) is 3.35. The topological polar surface area (TPSA) is 38.3 Å². The summed E-state index contributed by atoms with van der Waals surface area (Å²) in [5.41, 5.74) is 2.17. The lowest BCUT2D eigenvalue weighted by Gasteiger charge is -2.24. The van der Waals surface area contributed by atoms with Crippen LogP contribution in [0.3, 0.4) is 0 Å². The van der Waals surface area contributed by atoms with Crippen molar-refractivity contribution < 1.29 is 9.53 Å². The predicted octanol–water partition coefficient (Wildman–Crippen LogP) is 1.58. The minimum Gasteiger partial charge on any atom is -0.465 e. The van der Waals surface area contributed by atoms with Crippen LogP contribution in [-0.2, 0) is 9.53 Å². The van der Waals surface area contributed by atoms with Crippen LogP contribution < -0.4 is 5.32 Å². The van der Waals surface area contributed by atoms with Crippen molar-refractivity contribution in [2.45, 2.75) is 19.4 Å². The number of allylic oxidation sites excluding steroid dienone is 1. The first kappa shape index (κ1) is 11.7. The zero-order valence-electron chi connectivity index (χ0n) is 9.08. The standard InChI is InChI=1S/C12H17NO2/c1-4-9-7-11(12(14)15-6-3)13-8-10(9)5-2/h4-5,11,13H,1-2,6-8H2,3H3/t11-/m1/s1. The van der Waals surface area contributed by atoms with E-state index in [4.69, 9.17) is 4.74 Å². The third-order valence-corrected chi connectivity index (χ3v) is 2.44. The zero-order valence-corrected chi connectivity index (χ0v) is 9.08. The van der Waals surface area contributed by atoms with E-state index in [0.29, 0.717) is 19.6 Å². The van der Waals surface area contributed by atoms with Crippen LogP contribution in [0.15, 0.2) is 36.5 Å². The van der Waals surface area contributed by atoms with Crippen molar-refractivity contribution in [3.05, 3.63) is 36.5 Å². The molecule has 3 nitrogen and oxygen atoms in total. The molecular formula is C12H17NO2. The molecule has 0 aromatic heterocycles. The third kappa shape index (κ3) is 2.80. The van der Waals surface area contributed by atoms with Crippen molar-refractivity contribution in [3.63, 3.8) is 0 Å². The second-order valence-electron chi connectivity index (χ2n) is 3.35. The molecular weight excluding hydrogens is 190 g/mol. The Bertz CT molecular complexity index is 305. The van der Waals surface area contributed by atoms with Crippen LogP contribution in [-0.4, -0.2) is 25.2 Å². The van der Waals surface area contributed by atoms with Gasteiger partial charge in [0.15, 0.2) is 0 Å². The maximum Gasteiger partial charge on any atom is 0.323 e. The number of carbonyl (C=O) groups is 1. The van der Waals surface area contributed by atoms with Gasteiger partial charge >= 0.3 is 5.97 Å². The lowest BCUT2D eigenvalue weighted by molar-refractivity contribution is -0.145. The molecule has 0 aliphatic carbocycles. The van der Waals surface area contributed by atoms with Gasteiger partial charge in [-0.2, -0.15) is 0 Å². The normalized spacial score (nSPS) is 21.0. The molecule has 0 aromatic rings. The molecule has 0 amide bonds. The number of hydrogen-bond donors (Lipinski definition) is 1. The summed E-state index contributed by atoms with van der Waals surface area (Å²) in [5.74, 6) is -0.194. The Morgan fingerprint density at radius 2 is 2.20 bits per heavy atom. The molecule has 3 heteroatoms. The Morgan fingerprint density at radius 1 is 1.53 bits per heavy atom. The molecule has 0 radical (unpaired) electrons. The Hall–Kier alpha value is -1.35. The van der Waals surface area contributed by atoms with Crippen molar-refractivity contribution in [2.24, 2.45) is 0 Å². The maximum absolute atomic E-state index is 11.5. The number of carbonyl (C=O) groups excluding carboxylic acids is 1. The summed E-state index contributed by atoms with van der Waals surface area (Å²) in [6.07, 6.45) is 4.21. The highest BCUT2D eigenvalue weighted by Crippen LogP contribution is 2.18. The number of esters is 1. The predicted molar refractivity (Wildman–Crippen MR) is 60.5 cm³/mol. The molecule has 1 atom stereocenters. The largest absolute Gasteiger partial charge is 0.465 e. The molecule has 1 aliphatic heterocycles. The van der Waals surface area contributed by atoms with E-state index in [0.717, 1.165) is 11.1 Å². The fourth-order valence-corrected chi connectivity index (χ4v) is 1.60. The molecule has 0 unspecified atom stereocenters. The fourth-order valence-electron chi connectivity index (χ4n) is 1.60. The summed E-state index contributed by atoms with van der Waals surface area (Å²) in [6.45, 7) is 10.3. The summed E-state index contributed by atoms with van der Waals surface area (Å²) in [7, 11) is 0. The first-order chi connectivity index (χ1) is 7.22. The third-order valence-electron chi connectivity index (χ3n) is 2.44. The highest BCUT2D eigenvalue weighted by Gasteiger charge is 2.24. The van der Waals surface area contributed by atoms with Crippen LogP contribution in [0.5, 0.6) is 0 Å². The molecule has 1 rings (SSSR count). The Morgan fingerprint density at radius 3 is 2.73 bits per heavy atom. The number of ether oxygens (including phenoxy) is 1. The molecule has 0 aromatic carbocycles. The van der Waals surface area contributed by atoms with E-state index in [-0.39, 0.29) is 12.0 Å². The summed E-state index contributed by atoms with van der Waals surface area (Å²) in [4.78, 5) is 11.5. The van der Waals surface area contributed by atoms with E-state index < -0.39 is 0 Å². The molecule has 0 saturated carbocycles. The molecule has 1 aliphatic rings. The van der Waals surface area contributed by atoms with Gasteiger partial charge in [0.1, 0.15) is 6.04 Å². The van der Waals surface area contributed by atoms with Gasteiger partial charge in [0.05, 0.1) is 6.61 Å². The Labute approximate surface area is 90.5 Å². The summed E-state index contributed by atoms with van der Waals surface area (Å²) < 4.78 is 4.96. The van der Waals surface area contributed by atoms with Crippen LogP contribution in [0, 0.1) is 0 Å². The first-order valence-electron chi connectivity index (χ1n) is 5.09. The van der Waals surface area contributed by atoms with Crippen molar-refractivity contribution in [2.75, 3.05) is 13.2 Å². The molecule has 0 spiro atoms. The zero-order chi connectivity index (χ0) is 11.3. The van der Waals surface area contributed by atoms with Gasteiger partial charge in [0.25, 0.3) is 0 Å². The molecule has 1 N–H and O–H groups in total. The Kier molecular flexibility index (Phi) is 4.31. The lowest BCUT2D eigenvalue weighted by Crippen LogP contribution is -2.42. The van der Waals surface area contributed by atoms with Crippen molar-refractivity contribution in [3.8, 4) is 0 Å². The molecule has 0 bridgehead atoms. The molecule has 1 heterocycles. The van der Waals surface area contributed by atoms with Gasteiger partial charge in [-0.05, 0) is 24.5 Å². The van der Waals surface area contributed by atoms with Gasteiger partial charge in [-0.3, -0.25) is 4.79 Å². The first-order valence-corrected chi connectivity index (χ1v) is 5.09. The SMILES string of the molecule is C=CC1=C(C=C)C[C@H](C(=O)OCC)NC1.